The lowest BCUT2D eigenvalue weighted by Crippen LogP contribution is -2.45. The van der Waals surface area contributed by atoms with Crippen molar-refractivity contribution in [2.24, 2.45) is 4.99 Å². The van der Waals surface area contributed by atoms with Gasteiger partial charge < -0.3 is 16.0 Å². The van der Waals surface area contributed by atoms with Crippen LogP contribution in [-0.2, 0) is 17.5 Å². The van der Waals surface area contributed by atoms with Crippen molar-refractivity contribution < 1.29 is 18.0 Å². The standard InChI is InChI=1S/C20H30F3N5O.HI/c1-14(2)26-18(29)8-10-25-19(24-3)27-17-9-11-28(13-17)12-15-4-6-16(7-5-15)20(21,22)23;/h4-7,14,17H,8-13H2,1-3H3,(H,26,29)(H2,24,25,27);1H. The Labute approximate surface area is 193 Å². The van der Waals surface area contributed by atoms with Gasteiger partial charge in [-0.1, -0.05) is 12.1 Å². The maximum atomic E-state index is 12.7. The zero-order valence-electron chi connectivity index (χ0n) is 17.6. The zero-order valence-corrected chi connectivity index (χ0v) is 19.9. The molecule has 1 saturated heterocycles. The van der Waals surface area contributed by atoms with Crippen molar-refractivity contribution in [3.05, 3.63) is 35.4 Å². The van der Waals surface area contributed by atoms with E-state index in [2.05, 4.69) is 25.8 Å². The fourth-order valence-electron chi connectivity index (χ4n) is 3.23. The van der Waals surface area contributed by atoms with E-state index in [4.69, 9.17) is 0 Å². The van der Waals surface area contributed by atoms with Crippen molar-refractivity contribution in [3.63, 3.8) is 0 Å². The third kappa shape index (κ3) is 9.07. The summed E-state index contributed by atoms with van der Waals surface area (Å²) in [7, 11) is 1.68. The smallest absolute Gasteiger partial charge is 0.356 e. The van der Waals surface area contributed by atoms with Crippen molar-refractivity contribution in [1.82, 2.24) is 20.9 Å². The molecule has 0 aromatic heterocycles. The number of carbonyl (C=O) groups is 1. The first-order chi connectivity index (χ1) is 13.7. The van der Waals surface area contributed by atoms with E-state index in [9.17, 15) is 18.0 Å². The molecule has 0 radical (unpaired) electrons. The molecule has 3 N–H and O–H groups in total. The number of carbonyl (C=O) groups excluding carboxylic acids is 1. The quantitative estimate of drug-likeness (QED) is 0.282. The third-order valence-corrected chi connectivity index (χ3v) is 4.62. The van der Waals surface area contributed by atoms with Crippen LogP contribution in [0.1, 0.15) is 37.8 Å². The highest BCUT2D eigenvalue weighted by Crippen LogP contribution is 2.29. The number of halogens is 4. The number of nitrogens with one attached hydrogen (secondary N) is 3. The fourth-order valence-corrected chi connectivity index (χ4v) is 3.23. The van der Waals surface area contributed by atoms with Gasteiger partial charge in [0.25, 0.3) is 0 Å². The topological polar surface area (TPSA) is 68.8 Å². The number of hydrogen-bond donors (Lipinski definition) is 3. The summed E-state index contributed by atoms with van der Waals surface area (Å²) in [5.74, 6) is 0.635. The monoisotopic (exact) mass is 541 g/mol. The highest BCUT2D eigenvalue weighted by Gasteiger charge is 2.30. The Morgan fingerprint density at radius 3 is 2.50 bits per heavy atom. The first kappa shape index (κ1) is 26.5. The Balaban J connectivity index is 0.00000450. The SMILES string of the molecule is CN=C(NCCC(=O)NC(C)C)NC1CCN(Cc2ccc(C(F)(F)F)cc2)C1.I. The molecular weight excluding hydrogens is 510 g/mol. The molecule has 1 heterocycles. The Kier molecular flexibility index (Phi) is 10.9. The van der Waals surface area contributed by atoms with Crippen molar-refractivity contribution in [2.75, 3.05) is 26.7 Å². The number of guanidine groups is 1. The number of aliphatic imine (C=N–C) groups is 1. The van der Waals surface area contributed by atoms with Crippen LogP contribution in [0.4, 0.5) is 13.2 Å². The molecule has 1 amide bonds. The summed E-state index contributed by atoms with van der Waals surface area (Å²) < 4.78 is 38.0. The van der Waals surface area contributed by atoms with Gasteiger partial charge in [0.2, 0.25) is 5.91 Å². The van der Waals surface area contributed by atoms with E-state index in [0.29, 0.717) is 25.5 Å². The van der Waals surface area contributed by atoms with E-state index in [1.807, 2.05) is 13.8 Å². The number of likely N-dealkylation sites (tertiary alicyclic amines) is 1. The number of alkyl halides is 3. The summed E-state index contributed by atoms with van der Waals surface area (Å²) in [5, 5.41) is 9.32. The predicted molar refractivity (Wildman–Crippen MR) is 123 cm³/mol. The number of amides is 1. The fraction of sp³-hybridized carbons (Fsp3) is 0.600. The summed E-state index contributed by atoms with van der Waals surface area (Å²) in [6.45, 7) is 6.56. The molecule has 1 aliphatic rings. The maximum absolute atomic E-state index is 12.7. The first-order valence-electron chi connectivity index (χ1n) is 9.82. The summed E-state index contributed by atoms with van der Waals surface area (Å²) in [5.41, 5.74) is 0.233. The molecule has 1 aliphatic heterocycles. The molecule has 1 aromatic carbocycles. The summed E-state index contributed by atoms with van der Waals surface area (Å²) >= 11 is 0. The molecule has 0 saturated carbocycles. The van der Waals surface area contributed by atoms with Crippen LogP contribution < -0.4 is 16.0 Å². The minimum Gasteiger partial charge on any atom is -0.356 e. The van der Waals surface area contributed by atoms with Crippen LogP contribution in [0, 0.1) is 0 Å². The molecule has 30 heavy (non-hydrogen) atoms. The van der Waals surface area contributed by atoms with Crippen molar-refractivity contribution in [2.45, 2.75) is 51.5 Å². The number of rotatable bonds is 7. The van der Waals surface area contributed by atoms with Crippen LogP contribution in [0.2, 0.25) is 0 Å². The second-order valence-electron chi connectivity index (χ2n) is 7.53. The van der Waals surface area contributed by atoms with E-state index in [-0.39, 0.29) is 42.0 Å². The average molecular weight is 541 g/mol. The Hall–Kier alpha value is -1.56. The van der Waals surface area contributed by atoms with Crippen LogP contribution in [0.15, 0.2) is 29.3 Å². The Bertz CT molecular complexity index is 695. The molecule has 10 heteroatoms. The van der Waals surface area contributed by atoms with E-state index in [1.54, 1.807) is 7.05 Å². The normalized spacial score (nSPS) is 17.6. The highest BCUT2D eigenvalue weighted by molar-refractivity contribution is 14.0. The maximum Gasteiger partial charge on any atom is 0.416 e. The molecule has 0 bridgehead atoms. The molecule has 6 nitrogen and oxygen atoms in total. The zero-order chi connectivity index (χ0) is 21.4. The predicted octanol–water partition coefficient (Wildman–Crippen LogP) is 2.98. The molecular formula is C20H31F3IN5O. The highest BCUT2D eigenvalue weighted by atomic mass is 127. The first-order valence-corrected chi connectivity index (χ1v) is 9.82. The van der Waals surface area contributed by atoms with Crippen molar-refractivity contribution in [1.29, 1.82) is 0 Å². The van der Waals surface area contributed by atoms with Crippen LogP contribution in [0.3, 0.4) is 0 Å². The van der Waals surface area contributed by atoms with Gasteiger partial charge in [-0.15, -0.1) is 24.0 Å². The molecule has 0 aliphatic carbocycles. The van der Waals surface area contributed by atoms with E-state index in [0.717, 1.165) is 37.2 Å². The van der Waals surface area contributed by atoms with Crippen LogP contribution in [0.5, 0.6) is 0 Å². The number of benzene rings is 1. The second kappa shape index (κ2) is 12.3. The molecule has 2 rings (SSSR count). The number of nitrogens with zero attached hydrogens (tertiary/aromatic N) is 2. The van der Waals surface area contributed by atoms with Crippen LogP contribution in [-0.4, -0.2) is 55.5 Å². The molecule has 0 spiro atoms. The summed E-state index contributed by atoms with van der Waals surface area (Å²) in [4.78, 5) is 18.1. The van der Waals surface area contributed by atoms with Gasteiger partial charge in [0.05, 0.1) is 5.56 Å². The van der Waals surface area contributed by atoms with Gasteiger partial charge in [-0.3, -0.25) is 14.7 Å². The van der Waals surface area contributed by atoms with Gasteiger partial charge >= 0.3 is 6.18 Å². The lowest BCUT2D eigenvalue weighted by Gasteiger charge is -2.19. The Morgan fingerprint density at radius 1 is 1.27 bits per heavy atom. The molecule has 1 atom stereocenters. The number of hydrogen-bond acceptors (Lipinski definition) is 3. The molecule has 1 aromatic rings. The largest absolute Gasteiger partial charge is 0.416 e. The van der Waals surface area contributed by atoms with Crippen molar-refractivity contribution in [3.8, 4) is 0 Å². The van der Waals surface area contributed by atoms with E-state index >= 15 is 0 Å². The lowest BCUT2D eigenvalue weighted by molar-refractivity contribution is -0.137. The minimum atomic E-state index is -4.31. The van der Waals surface area contributed by atoms with Gasteiger partial charge in [0, 0.05) is 51.7 Å². The average Bonchev–Trinajstić information content (AvgIpc) is 3.06. The lowest BCUT2D eigenvalue weighted by atomic mass is 10.1. The van der Waals surface area contributed by atoms with Gasteiger partial charge in [0.1, 0.15) is 0 Å². The van der Waals surface area contributed by atoms with Gasteiger partial charge in [-0.05, 0) is 38.0 Å². The molecule has 170 valence electrons. The van der Waals surface area contributed by atoms with Crippen molar-refractivity contribution >= 4 is 35.8 Å². The molecule has 1 fully saturated rings. The van der Waals surface area contributed by atoms with Gasteiger partial charge in [-0.25, -0.2) is 0 Å². The van der Waals surface area contributed by atoms with Crippen LogP contribution in [0.25, 0.3) is 0 Å². The minimum absolute atomic E-state index is 0. The van der Waals surface area contributed by atoms with E-state index < -0.39 is 11.7 Å². The van der Waals surface area contributed by atoms with Gasteiger partial charge in [-0.2, -0.15) is 13.2 Å². The summed E-state index contributed by atoms with van der Waals surface area (Å²) in [6.07, 6.45) is -3.03. The molecule has 1 unspecified atom stereocenters. The summed E-state index contributed by atoms with van der Waals surface area (Å²) in [6, 6.07) is 5.64. The second-order valence-corrected chi connectivity index (χ2v) is 7.53. The van der Waals surface area contributed by atoms with Crippen LogP contribution >= 0.6 is 24.0 Å². The van der Waals surface area contributed by atoms with E-state index in [1.165, 1.54) is 12.1 Å². The van der Waals surface area contributed by atoms with Gasteiger partial charge in [0.15, 0.2) is 5.96 Å². The Morgan fingerprint density at radius 2 is 1.93 bits per heavy atom. The third-order valence-electron chi connectivity index (χ3n) is 4.62.